The predicted octanol–water partition coefficient (Wildman–Crippen LogP) is 2.94. The molecule has 0 aliphatic rings. The summed E-state index contributed by atoms with van der Waals surface area (Å²) < 4.78 is 9.95. The van der Waals surface area contributed by atoms with Crippen molar-refractivity contribution in [3.63, 3.8) is 0 Å². The van der Waals surface area contributed by atoms with Gasteiger partial charge >= 0.3 is 11.9 Å². The smallest absolute Gasteiger partial charge is 0.309 e. The van der Waals surface area contributed by atoms with Crippen LogP contribution in [0.2, 0.25) is 0 Å². The molecule has 0 saturated carbocycles. The fourth-order valence-electron chi connectivity index (χ4n) is 1.57. The second-order valence-electron chi connectivity index (χ2n) is 5.79. The molecule has 4 nitrogen and oxygen atoms in total. The highest BCUT2D eigenvalue weighted by Crippen LogP contribution is 2.17. The van der Waals surface area contributed by atoms with Crippen LogP contribution >= 0.6 is 0 Å². The fourth-order valence-corrected chi connectivity index (χ4v) is 1.57. The van der Waals surface area contributed by atoms with Gasteiger partial charge in [0.15, 0.2) is 0 Å². The van der Waals surface area contributed by atoms with Crippen LogP contribution in [-0.4, -0.2) is 24.6 Å². The van der Waals surface area contributed by atoms with E-state index >= 15 is 0 Å². The molecule has 0 aromatic carbocycles. The Hall–Kier alpha value is -1.06. The summed E-state index contributed by atoms with van der Waals surface area (Å²) >= 11 is 0. The summed E-state index contributed by atoms with van der Waals surface area (Å²) in [6, 6.07) is 0. The monoisotopic (exact) mass is 258 g/mol. The van der Waals surface area contributed by atoms with E-state index in [4.69, 9.17) is 4.74 Å². The Labute approximate surface area is 110 Å². The summed E-state index contributed by atoms with van der Waals surface area (Å²) in [6.45, 7) is 9.27. The Balaban J connectivity index is 3.93. The van der Waals surface area contributed by atoms with E-state index < -0.39 is 5.60 Å². The van der Waals surface area contributed by atoms with Crippen LogP contribution < -0.4 is 0 Å². The van der Waals surface area contributed by atoms with Crippen LogP contribution in [0.1, 0.15) is 53.9 Å². The van der Waals surface area contributed by atoms with Crippen molar-refractivity contribution < 1.29 is 19.1 Å². The topological polar surface area (TPSA) is 52.6 Å². The van der Waals surface area contributed by atoms with Crippen molar-refractivity contribution in [2.24, 2.45) is 11.8 Å². The van der Waals surface area contributed by atoms with Crippen LogP contribution in [0, 0.1) is 11.8 Å². The molecule has 18 heavy (non-hydrogen) atoms. The lowest BCUT2D eigenvalue weighted by Gasteiger charge is -2.22. The van der Waals surface area contributed by atoms with E-state index in [-0.39, 0.29) is 23.8 Å². The van der Waals surface area contributed by atoms with E-state index in [0.29, 0.717) is 0 Å². The van der Waals surface area contributed by atoms with Crippen molar-refractivity contribution in [2.75, 3.05) is 7.11 Å². The standard InChI is InChI=1S/C14H26O4/c1-10(12(15)17-6)8-7-9-11(2)13(16)18-14(3,4)5/h10-11H,7-9H2,1-6H3. The molecule has 0 aliphatic heterocycles. The van der Waals surface area contributed by atoms with Crippen molar-refractivity contribution in [3.8, 4) is 0 Å². The van der Waals surface area contributed by atoms with Crippen LogP contribution in [0.25, 0.3) is 0 Å². The quantitative estimate of drug-likeness (QED) is 0.687. The Kier molecular flexibility index (Phi) is 6.96. The van der Waals surface area contributed by atoms with E-state index in [1.165, 1.54) is 7.11 Å². The van der Waals surface area contributed by atoms with Crippen molar-refractivity contribution in [2.45, 2.75) is 59.5 Å². The summed E-state index contributed by atoms with van der Waals surface area (Å²) in [7, 11) is 1.39. The third-order valence-corrected chi connectivity index (χ3v) is 2.69. The largest absolute Gasteiger partial charge is 0.469 e. The lowest BCUT2D eigenvalue weighted by atomic mass is 9.98. The Morgan fingerprint density at radius 3 is 1.83 bits per heavy atom. The van der Waals surface area contributed by atoms with Crippen molar-refractivity contribution in [3.05, 3.63) is 0 Å². The molecule has 0 saturated heterocycles. The van der Waals surface area contributed by atoms with E-state index in [1.54, 1.807) is 0 Å². The lowest BCUT2D eigenvalue weighted by Crippen LogP contribution is -2.27. The van der Waals surface area contributed by atoms with E-state index in [2.05, 4.69) is 4.74 Å². The highest BCUT2D eigenvalue weighted by atomic mass is 16.6. The first-order chi connectivity index (χ1) is 8.17. The van der Waals surface area contributed by atoms with Gasteiger partial charge in [0.25, 0.3) is 0 Å². The molecule has 0 N–H and O–H groups in total. The maximum Gasteiger partial charge on any atom is 0.309 e. The van der Waals surface area contributed by atoms with Gasteiger partial charge < -0.3 is 9.47 Å². The van der Waals surface area contributed by atoms with E-state index in [9.17, 15) is 9.59 Å². The molecule has 0 spiro atoms. The number of esters is 2. The summed E-state index contributed by atoms with van der Waals surface area (Å²) in [5, 5.41) is 0. The average molecular weight is 258 g/mol. The zero-order valence-corrected chi connectivity index (χ0v) is 12.4. The Bertz CT molecular complexity index is 278. The summed E-state index contributed by atoms with van der Waals surface area (Å²) in [5.74, 6) is -0.608. The molecule has 0 heterocycles. The first-order valence-electron chi connectivity index (χ1n) is 6.48. The number of carbonyl (C=O) groups excluding carboxylic acids is 2. The third-order valence-electron chi connectivity index (χ3n) is 2.69. The van der Waals surface area contributed by atoms with Crippen LogP contribution in [0.4, 0.5) is 0 Å². The van der Waals surface area contributed by atoms with Crippen LogP contribution in [0.15, 0.2) is 0 Å². The third kappa shape index (κ3) is 7.30. The van der Waals surface area contributed by atoms with Gasteiger partial charge in [-0.1, -0.05) is 20.3 Å². The van der Waals surface area contributed by atoms with Gasteiger partial charge in [-0.25, -0.2) is 0 Å². The van der Waals surface area contributed by atoms with E-state index in [1.807, 2.05) is 34.6 Å². The second kappa shape index (κ2) is 7.39. The van der Waals surface area contributed by atoms with Crippen LogP contribution in [0.3, 0.4) is 0 Å². The minimum absolute atomic E-state index is 0.110. The van der Waals surface area contributed by atoms with Gasteiger partial charge in [-0.05, 0) is 33.6 Å². The molecule has 0 aromatic rings. The van der Waals surface area contributed by atoms with Crippen LogP contribution in [-0.2, 0) is 19.1 Å². The van der Waals surface area contributed by atoms with Crippen LogP contribution in [0.5, 0.6) is 0 Å². The summed E-state index contributed by atoms with van der Waals surface area (Å²) in [6.07, 6.45) is 2.28. The molecule has 0 fully saturated rings. The SMILES string of the molecule is COC(=O)C(C)CCCC(C)C(=O)OC(C)(C)C. The van der Waals surface area contributed by atoms with Crippen molar-refractivity contribution in [1.29, 1.82) is 0 Å². The van der Waals surface area contributed by atoms with Gasteiger partial charge in [0.05, 0.1) is 18.9 Å². The lowest BCUT2D eigenvalue weighted by molar-refractivity contribution is -0.159. The molecule has 0 aromatic heterocycles. The number of hydrogen-bond donors (Lipinski definition) is 0. The number of methoxy groups -OCH3 is 1. The molecule has 0 aliphatic carbocycles. The minimum Gasteiger partial charge on any atom is -0.469 e. The number of hydrogen-bond acceptors (Lipinski definition) is 4. The highest BCUT2D eigenvalue weighted by Gasteiger charge is 2.22. The molecule has 106 valence electrons. The normalized spacial score (nSPS) is 14.8. The summed E-state index contributed by atoms with van der Waals surface area (Å²) in [4.78, 5) is 22.9. The second-order valence-corrected chi connectivity index (χ2v) is 5.79. The molecule has 2 unspecified atom stereocenters. The first-order valence-corrected chi connectivity index (χ1v) is 6.48. The summed E-state index contributed by atoms with van der Waals surface area (Å²) in [5.41, 5.74) is -0.440. The average Bonchev–Trinajstić information content (AvgIpc) is 2.25. The first kappa shape index (κ1) is 16.9. The highest BCUT2D eigenvalue weighted by molar-refractivity contribution is 5.72. The molecule has 0 amide bonds. The zero-order chi connectivity index (χ0) is 14.3. The maximum atomic E-state index is 11.7. The molecule has 2 atom stereocenters. The number of carbonyl (C=O) groups is 2. The number of ether oxygens (including phenoxy) is 2. The van der Waals surface area contributed by atoms with Gasteiger partial charge in [0.1, 0.15) is 5.60 Å². The van der Waals surface area contributed by atoms with Crippen molar-refractivity contribution >= 4 is 11.9 Å². The molecule has 0 bridgehead atoms. The Morgan fingerprint density at radius 1 is 1.00 bits per heavy atom. The van der Waals surface area contributed by atoms with Gasteiger partial charge in [-0.15, -0.1) is 0 Å². The van der Waals surface area contributed by atoms with Gasteiger partial charge in [-0.3, -0.25) is 9.59 Å². The maximum absolute atomic E-state index is 11.7. The zero-order valence-electron chi connectivity index (χ0n) is 12.4. The number of rotatable bonds is 6. The Morgan fingerprint density at radius 2 is 1.44 bits per heavy atom. The van der Waals surface area contributed by atoms with Gasteiger partial charge in [0.2, 0.25) is 0 Å². The molecule has 0 rings (SSSR count). The van der Waals surface area contributed by atoms with Gasteiger partial charge in [-0.2, -0.15) is 0 Å². The molecule has 4 heteroatoms. The molecular formula is C14H26O4. The predicted molar refractivity (Wildman–Crippen MR) is 70.0 cm³/mol. The van der Waals surface area contributed by atoms with Crippen molar-refractivity contribution in [1.82, 2.24) is 0 Å². The van der Waals surface area contributed by atoms with E-state index in [0.717, 1.165) is 19.3 Å². The molecule has 0 radical (unpaired) electrons. The fraction of sp³-hybridized carbons (Fsp3) is 0.857. The minimum atomic E-state index is -0.440. The molecular weight excluding hydrogens is 232 g/mol. The van der Waals surface area contributed by atoms with Gasteiger partial charge in [0, 0.05) is 0 Å².